The lowest BCUT2D eigenvalue weighted by molar-refractivity contribution is -0.103. The molecule has 2 aromatic rings. The van der Waals surface area contributed by atoms with E-state index in [0.717, 1.165) is 12.8 Å². The number of allylic oxidation sites excluding steroid dienone is 1. The van der Waals surface area contributed by atoms with Gasteiger partial charge in [-0.3, -0.25) is 10.2 Å². The van der Waals surface area contributed by atoms with Gasteiger partial charge in [0.2, 0.25) is 5.88 Å². The van der Waals surface area contributed by atoms with Gasteiger partial charge in [0.1, 0.15) is 6.10 Å². The predicted molar refractivity (Wildman–Crippen MR) is 113 cm³/mol. The molecular formula is C21H29N6O2+. The van der Waals surface area contributed by atoms with Crippen LogP contribution in [0, 0.1) is 0 Å². The number of aromatic nitrogens is 3. The molecule has 29 heavy (non-hydrogen) atoms. The van der Waals surface area contributed by atoms with Gasteiger partial charge >= 0.3 is 0 Å². The highest BCUT2D eigenvalue weighted by molar-refractivity contribution is 6.05. The highest BCUT2D eigenvalue weighted by Crippen LogP contribution is 2.31. The van der Waals surface area contributed by atoms with Crippen LogP contribution in [0.2, 0.25) is 0 Å². The molecule has 2 aromatic heterocycles. The number of ether oxygens (including phenoxy) is 1. The number of nitrogens with zero attached hydrogens (tertiary/aromatic N) is 2. The summed E-state index contributed by atoms with van der Waals surface area (Å²) in [5.74, 6) is 0.450. The lowest BCUT2D eigenvalue weighted by atomic mass is 9.81. The Morgan fingerprint density at radius 3 is 2.38 bits per heavy atom. The van der Waals surface area contributed by atoms with Gasteiger partial charge in [-0.2, -0.15) is 0 Å². The van der Waals surface area contributed by atoms with Crippen LogP contribution < -0.4 is 26.8 Å². The van der Waals surface area contributed by atoms with Crippen molar-refractivity contribution in [1.82, 2.24) is 20.5 Å². The Labute approximate surface area is 170 Å². The number of piperidine rings is 1. The molecule has 0 bridgehead atoms. The predicted octanol–water partition coefficient (Wildman–Crippen LogP) is 0.649. The summed E-state index contributed by atoms with van der Waals surface area (Å²) in [6.45, 7) is 8.68. The lowest BCUT2D eigenvalue weighted by Gasteiger charge is -2.46. The van der Waals surface area contributed by atoms with E-state index in [1.165, 1.54) is 12.4 Å². The molecule has 3 rings (SSSR count). The van der Waals surface area contributed by atoms with Crippen LogP contribution in [0.25, 0.3) is 16.8 Å². The highest BCUT2D eigenvalue weighted by atomic mass is 16.5. The second-order valence-electron chi connectivity index (χ2n) is 8.70. The Kier molecular flexibility index (Phi) is 5.57. The maximum absolute atomic E-state index is 12.4. The Morgan fingerprint density at radius 1 is 1.17 bits per heavy atom. The van der Waals surface area contributed by atoms with Crippen molar-refractivity contribution in [3.8, 4) is 17.1 Å². The Morgan fingerprint density at radius 2 is 1.86 bits per heavy atom. The zero-order valence-electron chi connectivity index (χ0n) is 17.3. The van der Waals surface area contributed by atoms with Crippen molar-refractivity contribution < 1.29 is 10.1 Å². The molecule has 0 unspecified atom stereocenters. The molecule has 0 radical (unpaired) electrons. The summed E-state index contributed by atoms with van der Waals surface area (Å²) in [6, 6.07) is 6.88. The topological polar surface area (TPSA) is 132 Å². The Hall–Kier alpha value is -3.00. The molecule has 0 aromatic carbocycles. The monoisotopic (exact) mass is 397 g/mol. The van der Waals surface area contributed by atoms with Crippen LogP contribution >= 0.6 is 0 Å². The maximum Gasteiger partial charge on any atom is 0.257 e. The average molecular weight is 398 g/mol. The van der Waals surface area contributed by atoms with Crippen molar-refractivity contribution in [2.75, 3.05) is 0 Å². The molecule has 8 heteroatoms. The first-order valence-corrected chi connectivity index (χ1v) is 9.63. The molecule has 1 aliphatic heterocycles. The molecule has 1 fully saturated rings. The van der Waals surface area contributed by atoms with Crippen molar-refractivity contribution in [2.24, 2.45) is 5.73 Å². The lowest BCUT2D eigenvalue weighted by Crippen LogP contribution is -2.60. The molecule has 0 saturated carbocycles. The molecule has 6 N–H and O–H groups in total. The number of nitrogens with one attached hydrogen (secondary N) is 2. The van der Waals surface area contributed by atoms with E-state index in [-0.39, 0.29) is 22.7 Å². The first-order valence-electron chi connectivity index (χ1n) is 9.63. The molecule has 0 atom stereocenters. The molecule has 0 amide bonds. The van der Waals surface area contributed by atoms with E-state index in [1.807, 2.05) is 0 Å². The first kappa shape index (κ1) is 20.7. The van der Waals surface area contributed by atoms with Crippen LogP contribution in [0.1, 0.15) is 46.2 Å². The fourth-order valence-electron chi connectivity index (χ4n) is 4.09. The van der Waals surface area contributed by atoms with E-state index in [1.54, 1.807) is 24.3 Å². The fraction of sp³-hybridized carbons (Fsp3) is 0.429. The molecule has 154 valence electrons. The first-order chi connectivity index (χ1) is 13.6. The van der Waals surface area contributed by atoms with Crippen LogP contribution in [0.4, 0.5) is 0 Å². The molecule has 0 spiro atoms. The zero-order valence-corrected chi connectivity index (χ0v) is 17.3. The van der Waals surface area contributed by atoms with Gasteiger partial charge in [0.05, 0.1) is 22.5 Å². The second-order valence-corrected chi connectivity index (χ2v) is 8.70. The van der Waals surface area contributed by atoms with Crippen molar-refractivity contribution in [2.45, 2.75) is 57.7 Å². The summed E-state index contributed by atoms with van der Waals surface area (Å²) in [6.07, 6.45) is 4.45. The second kappa shape index (κ2) is 7.79. The van der Waals surface area contributed by atoms with Crippen molar-refractivity contribution in [1.29, 1.82) is 0 Å². The van der Waals surface area contributed by atoms with Gasteiger partial charge in [-0.25, -0.2) is 0 Å². The number of nitrogens with two attached hydrogens (primary N) is 2. The van der Waals surface area contributed by atoms with Gasteiger partial charge in [0, 0.05) is 36.2 Å². The number of aromatic amines is 1. The molecular weight excluding hydrogens is 368 g/mol. The minimum Gasteiger partial charge on any atom is -0.473 e. The van der Waals surface area contributed by atoms with Gasteiger partial charge in [-0.15, -0.1) is 10.2 Å². The average Bonchev–Trinajstić information content (AvgIpc) is 2.61. The van der Waals surface area contributed by atoms with Crippen molar-refractivity contribution in [3.63, 3.8) is 0 Å². The normalized spacial score (nSPS) is 19.0. The minimum atomic E-state index is -0.298. The van der Waals surface area contributed by atoms with E-state index in [4.69, 9.17) is 15.9 Å². The van der Waals surface area contributed by atoms with Gasteiger partial charge in [0.15, 0.2) is 6.21 Å². The largest absolute Gasteiger partial charge is 0.473 e. The van der Waals surface area contributed by atoms with Gasteiger partial charge in [-0.05, 0) is 45.9 Å². The van der Waals surface area contributed by atoms with Crippen LogP contribution in [0.3, 0.4) is 0 Å². The van der Waals surface area contributed by atoms with E-state index < -0.39 is 0 Å². The van der Waals surface area contributed by atoms with Crippen LogP contribution in [-0.2, 0) is 0 Å². The fourth-order valence-corrected chi connectivity index (χ4v) is 4.09. The quantitative estimate of drug-likeness (QED) is 0.548. The summed E-state index contributed by atoms with van der Waals surface area (Å²) >= 11 is 0. The van der Waals surface area contributed by atoms with E-state index in [0.29, 0.717) is 28.4 Å². The Bertz CT molecular complexity index is 959. The molecule has 1 aliphatic rings. The van der Waals surface area contributed by atoms with Gasteiger partial charge in [0.25, 0.3) is 5.56 Å². The third kappa shape index (κ3) is 4.89. The SMILES string of the molecule is CC1(C)CC(Oc2ccc(-c3ccc(C(C=[NH2+])=CN)[nH]c3=O)nn2)CC(C)(C)N1. The number of rotatable bonds is 5. The summed E-state index contributed by atoms with van der Waals surface area (Å²) in [7, 11) is 0. The van der Waals surface area contributed by atoms with Crippen LogP contribution in [0.15, 0.2) is 35.3 Å². The highest BCUT2D eigenvalue weighted by Gasteiger charge is 2.38. The van der Waals surface area contributed by atoms with Crippen LogP contribution in [-0.4, -0.2) is 38.6 Å². The number of H-pyrrole nitrogens is 1. The Balaban J connectivity index is 1.77. The molecule has 1 saturated heterocycles. The van der Waals surface area contributed by atoms with Crippen molar-refractivity contribution >= 4 is 11.8 Å². The van der Waals surface area contributed by atoms with Crippen LogP contribution in [0.5, 0.6) is 5.88 Å². The maximum atomic E-state index is 12.4. The van der Waals surface area contributed by atoms with Gasteiger partial charge in [-0.1, -0.05) is 0 Å². The zero-order chi connectivity index (χ0) is 21.2. The minimum absolute atomic E-state index is 0.0212. The van der Waals surface area contributed by atoms with E-state index in [2.05, 4.69) is 48.2 Å². The molecule has 3 heterocycles. The molecule has 8 nitrogen and oxygen atoms in total. The summed E-state index contributed by atoms with van der Waals surface area (Å²) in [5, 5.41) is 17.5. The third-order valence-corrected chi connectivity index (χ3v) is 4.94. The van der Waals surface area contributed by atoms with E-state index in [9.17, 15) is 4.79 Å². The number of hydrogen-bond acceptors (Lipinski definition) is 6. The number of hydrogen-bond donors (Lipinski definition) is 4. The molecule has 0 aliphatic carbocycles. The van der Waals surface area contributed by atoms with Crippen molar-refractivity contribution in [3.05, 3.63) is 46.5 Å². The number of pyridine rings is 1. The van der Waals surface area contributed by atoms with Gasteiger partial charge < -0.3 is 20.8 Å². The summed E-state index contributed by atoms with van der Waals surface area (Å²) in [4.78, 5) is 15.2. The van der Waals surface area contributed by atoms with E-state index >= 15 is 0 Å². The third-order valence-electron chi connectivity index (χ3n) is 4.94. The smallest absolute Gasteiger partial charge is 0.257 e. The standard InChI is InChI=1S/C21H28N6O2/c1-20(2)9-14(10-21(3,4)27-20)29-18-8-7-17(25-26-18)15-5-6-16(24-19(15)28)13(11-22)12-23/h5-8,11-12,14,22,27H,9-10,23H2,1-4H3,(H,24,28)/p+1. The summed E-state index contributed by atoms with van der Waals surface area (Å²) < 4.78 is 6.09. The summed E-state index contributed by atoms with van der Waals surface area (Å²) in [5.41, 5.74) is 7.11.